The van der Waals surface area contributed by atoms with E-state index in [0.717, 1.165) is 41.2 Å². The number of rotatable bonds is 3. The van der Waals surface area contributed by atoms with Crippen LogP contribution in [-0.2, 0) is 19.4 Å². The van der Waals surface area contributed by atoms with Gasteiger partial charge in [0.15, 0.2) is 5.16 Å². The third-order valence-electron chi connectivity index (χ3n) is 3.67. The molecule has 2 aromatic rings. The van der Waals surface area contributed by atoms with Gasteiger partial charge in [-0.1, -0.05) is 18.7 Å². The fourth-order valence-electron chi connectivity index (χ4n) is 2.80. The number of thiophene rings is 1. The van der Waals surface area contributed by atoms with E-state index in [-0.39, 0.29) is 5.56 Å². The van der Waals surface area contributed by atoms with Gasteiger partial charge in [-0.2, -0.15) is 0 Å². The lowest BCUT2D eigenvalue weighted by molar-refractivity contribution is 0.585. The number of thioether (sulfide) groups is 1. The first-order chi connectivity index (χ1) is 9.26. The van der Waals surface area contributed by atoms with E-state index in [1.54, 1.807) is 23.1 Å². The first-order valence-corrected chi connectivity index (χ1v) is 8.89. The van der Waals surface area contributed by atoms with Crippen molar-refractivity contribution in [3.05, 3.63) is 20.8 Å². The zero-order chi connectivity index (χ0) is 13.4. The maximum atomic E-state index is 12.7. The van der Waals surface area contributed by atoms with E-state index < -0.39 is 0 Å². The Labute approximate surface area is 121 Å². The van der Waals surface area contributed by atoms with Gasteiger partial charge in [-0.15, -0.1) is 11.3 Å². The van der Waals surface area contributed by atoms with Crippen LogP contribution >= 0.6 is 23.1 Å². The third kappa shape index (κ3) is 2.13. The monoisotopic (exact) mass is 294 g/mol. The zero-order valence-electron chi connectivity index (χ0n) is 11.4. The summed E-state index contributed by atoms with van der Waals surface area (Å²) < 4.78 is 1.86. The predicted molar refractivity (Wildman–Crippen MR) is 82.6 cm³/mol. The summed E-state index contributed by atoms with van der Waals surface area (Å²) in [5.41, 5.74) is 1.47. The molecule has 0 fully saturated rings. The Morgan fingerprint density at radius 1 is 1.37 bits per heavy atom. The maximum Gasteiger partial charge on any atom is 0.263 e. The molecule has 1 aliphatic rings. The molecule has 3 rings (SSSR count). The van der Waals surface area contributed by atoms with Crippen LogP contribution in [0.5, 0.6) is 0 Å². The van der Waals surface area contributed by atoms with Gasteiger partial charge in [0.2, 0.25) is 0 Å². The zero-order valence-corrected chi connectivity index (χ0v) is 13.0. The molecule has 0 aliphatic heterocycles. The highest BCUT2D eigenvalue weighted by atomic mass is 32.2. The summed E-state index contributed by atoms with van der Waals surface area (Å²) in [5, 5.41) is 1.77. The Kier molecular flexibility index (Phi) is 3.67. The fourth-order valence-corrected chi connectivity index (χ4v) is 4.68. The van der Waals surface area contributed by atoms with Crippen LogP contribution in [0.1, 0.15) is 36.6 Å². The summed E-state index contributed by atoms with van der Waals surface area (Å²) in [6.45, 7) is 2.87. The van der Waals surface area contributed by atoms with Crippen molar-refractivity contribution in [3.63, 3.8) is 0 Å². The highest BCUT2D eigenvalue weighted by Crippen LogP contribution is 2.34. The van der Waals surface area contributed by atoms with Gasteiger partial charge in [0.05, 0.1) is 5.39 Å². The normalized spacial score (nSPS) is 14.8. The summed E-state index contributed by atoms with van der Waals surface area (Å²) in [5.74, 6) is 0. The molecular weight excluding hydrogens is 276 g/mol. The lowest BCUT2D eigenvalue weighted by atomic mass is 9.97. The molecule has 0 N–H and O–H groups in total. The van der Waals surface area contributed by atoms with Gasteiger partial charge in [0.25, 0.3) is 5.56 Å². The highest BCUT2D eigenvalue weighted by Gasteiger charge is 2.21. The van der Waals surface area contributed by atoms with Crippen molar-refractivity contribution >= 4 is 33.3 Å². The van der Waals surface area contributed by atoms with Crippen molar-refractivity contribution < 1.29 is 0 Å². The minimum atomic E-state index is 0.176. The second kappa shape index (κ2) is 5.29. The molecule has 2 heterocycles. The van der Waals surface area contributed by atoms with E-state index in [9.17, 15) is 4.79 Å². The topological polar surface area (TPSA) is 34.9 Å². The van der Waals surface area contributed by atoms with Crippen LogP contribution in [0.15, 0.2) is 9.95 Å². The summed E-state index contributed by atoms with van der Waals surface area (Å²) in [7, 11) is 0. The van der Waals surface area contributed by atoms with Crippen LogP contribution in [0.4, 0.5) is 0 Å². The second-order valence-corrected chi connectivity index (χ2v) is 6.80. The summed E-state index contributed by atoms with van der Waals surface area (Å²) in [6.07, 6.45) is 7.59. The second-order valence-electron chi connectivity index (χ2n) is 4.95. The van der Waals surface area contributed by atoms with Crippen molar-refractivity contribution in [1.29, 1.82) is 0 Å². The van der Waals surface area contributed by atoms with E-state index in [4.69, 9.17) is 4.98 Å². The van der Waals surface area contributed by atoms with Crippen LogP contribution in [-0.4, -0.2) is 15.8 Å². The molecule has 0 bridgehead atoms. The average molecular weight is 294 g/mol. The summed E-state index contributed by atoms with van der Waals surface area (Å²) in [6, 6.07) is 0. The Morgan fingerprint density at radius 3 is 2.89 bits per heavy atom. The van der Waals surface area contributed by atoms with Crippen LogP contribution in [0.3, 0.4) is 0 Å². The van der Waals surface area contributed by atoms with E-state index in [0.29, 0.717) is 0 Å². The lowest BCUT2D eigenvalue weighted by Gasteiger charge is -2.11. The maximum absolute atomic E-state index is 12.7. The quantitative estimate of drug-likeness (QED) is 0.642. The molecule has 0 aromatic carbocycles. The highest BCUT2D eigenvalue weighted by molar-refractivity contribution is 7.98. The van der Waals surface area contributed by atoms with Gasteiger partial charge in [-0.3, -0.25) is 9.36 Å². The first-order valence-electron chi connectivity index (χ1n) is 6.85. The van der Waals surface area contributed by atoms with Crippen molar-refractivity contribution in [1.82, 2.24) is 9.55 Å². The summed E-state index contributed by atoms with van der Waals surface area (Å²) in [4.78, 5) is 19.8. The summed E-state index contributed by atoms with van der Waals surface area (Å²) >= 11 is 3.30. The molecule has 1 aliphatic carbocycles. The number of hydrogen-bond donors (Lipinski definition) is 0. The minimum absolute atomic E-state index is 0.176. The largest absolute Gasteiger partial charge is 0.287 e. The smallest absolute Gasteiger partial charge is 0.263 e. The fraction of sp³-hybridized carbons (Fsp3) is 0.571. The Balaban J connectivity index is 2.31. The molecule has 0 radical (unpaired) electrons. The van der Waals surface area contributed by atoms with Crippen LogP contribution < -0.4 is 5.56 Å². The predicted octanol–water partition coefficient (Wildman–Crippen LogP) is 3.47. The molecule has 0 saturated heterocycles. The molecule has 0 atom stereocenters. The molecule has 0 saturated carbocycles. The molecule has 0 unspecified atom stereocenters. The van der Waals surface area contributed by atoms with E-state index in [1.165, 1.54) is 23.3 Å². The van der Waals surface area contributed by atoms with E-state index in [2.05, 4.69) is 6.92 Å². The van der Waals surface area contributed by atoms with Crippen molar-refractivity contribution in [2.75, 3.05) is 6.26 Å². The SMILES string of the molecule is CCCn1c(SC)nc2sc3c(c2c1=O)CCCC3. The third-order valence-corrected chi connectivity index (χ3v) is 5.53. The first kappa shape index (κ1) is 13.2. The van der Waals surface area contributed by atoms with E-state index >= 15 is 0 Å². The van der Waals surface area contributed by atoms with Gasteiger partial charge in [-0.25, -0.2) is 4.98 Å². The number of nitrogens with zero attached hydrogens (tertiary/aromatic N) is 2. The standard InChI is InChI=1S/C14H18N2OS2/c1-3-8-16-13(17)11-9-6-4-5-7-10(9)19-12(11)15-14(16)18-2/h3-8H2,1-2H3. The number of aromatic nitrogens is 2. The number of aryl methyl sites for hydroxylation is 2. The molecule has 19 heavy (non-hydrogen) atoms. The van der Waals surface area contributed by atoms with Gasteiger partial charge < -0.3 is 0 Å². The lowest BCUT2D eigenvalue weighted by Crippen LogP contribution is -2.23. The molecule has 102 valence electrons. The molecule has 5 heteroatoms. The Hall–Kier alpha value is -0.810. The van der Waals surface area contributed by atoms with Crippen molar-refractivity contribution in [2.24, 2.45) is 0 Å². The number of hydrogen-bond acceptors (Lipinski definition) is 4. The van der Waals surface area contributed by atoms with Gasteiger partial charge in [-0.05, 0) is 43.9 Å². The van der Waals surface area contributed by atoms with Crippen LogP contribution in [0, 0.1) is 0 Å². The van der Waals surface area contributed by atoms with Crippen LogP contribution in [0.2, 0.25) is 0 Å². The van der Waals surface area contributed by atoms with Gasteiger partial charge in [0.1, 0.15) is 4.83 Å². The van der Waals surface area contributed by atoms with Gasteiger partial charge in [0, 0.05) is 11.4 Å². The Bertz CT molecular complexity index is 672. The number of fused-ring (bicyclic) bond motifs is 3. The minimum Gasteiger partial charge on any atom is -0.287 e. The van der Waals surface area contributed by atoms with Crippen LogP contribution in [0.25, 0.3) is 10.2 Å². The molecule has 0 amide bonds. The molecule has 2 aromatic heterocycles. The van der Waals surface area contributed by atoms with Gasteiger partial charge >= 0.3 is 0 Å². The molecule has 0 spiro atoms. The van der Waals surface area contributed by atoms with Crippen molar-refractivity contribution in [3.8, 4) is 0 Å². The molecule has 3 nitrogen and oxygen atoms in total. The van der Waals surface area contributed by atoms with Crippen molar-refractivity contribution in [2.45, 2.75) is 50.7 Å². The Morgan fingerprint density at radius 2 is 2.16 bits per heavy atom. The molecular formula is C14H18N2OS2. The van der Waals surface area contributed by atoms with E-state index in [1.807, 2.05) is 10.8 Å². The average Bonchev–Trinajstić information content (AvgIpc) is 2.80.